The summed E-state index contributed by atoms with van der Waals surface area (Å²) >= 11 is 7.75. The molecule has 3 aromatic carbocycles. The van der Waals surface area contributed by atoms with Crippen LogP contribution in [-0.2, 0) is 4.79 Å². The molecule has 0 unspecified atom stereocenters. The van der Waals surface area contributed by atoms with E-state index < -0.39 is 0 Å². The van der Waals surface area contributed by atoms with Gasteiger partial charge in [-0.2, -0.15) is 10.1 Å². The van der Waals surface area contributed by atoms with Crippen molar-refractivity contribution in [3.63, 3.8) is 0 Å². The number of amides is 1. The van der Waals surface area contributed by atoms with Gasteiger partial charge in [0.25, 0.3) is 5.91 Å². The lowest BCUT2D eigenvalue weighted by Crippen LogP contribution is -2.21. The van der Waals surface area contributed by atoms with Gasteiger partial charge in [-0.1, -0.05) is 60.1 Å². The number of anilines is 1. The molecular formula is C27H19ClN2O2S. The van der Waals surface area contributed by atoms with Crippen LogP contribution < -0.4 is 5.01 Å². The van der Waals surface area contributed by atoms with Crippen molar-refractivity contribution in [3.05, 3.63) is 113 Å². The molecule has 0 radical (unpaired) electrons. The molecule has 1 aliphatic rings. The van der Waals surface area contributed by atoms with E-state index in [1.807, 2.05) is 97.1 Å². The number of hydrazone groups is 1. The van der Waals surface area contributed by atoms with Gasteiger partial charge in [-0.15, -0.1) is 11.8 Å². The second-order valence-corrected chi connectivity index (χ2v) is 8.86. The lowest BCUT2D eigenvalue weighted by Gasteiger charge is -2.10. The van der Waals surface area contributed by atoms with Crippen LogP contribution in [0.15, 0.2) is 117 Å². The van der Waals surface area contributed by atoms with Crippen molar-refractivity contribution in [1.29, 1.82) is 0 Å². The number of hydrogen-bond donors (Lipinski definition) is 0. The van der Waals surface area contributed by atoms with Crippen molar-refractivity contribution in [1.82, 2.24) is 0 Å². The van der Waals surface area contributed by atoms with Crippen LogP contribution in [-0.4, -0.2) is 17.4 Å². The fourth-order valence-electron chi connectivity index (χ4n) is 3.49. The summed E-state index contributed by atoms with van der Waals surface area (Å²) in [5.74, 6) is 1.66. The Balaban J connectivity index is 1.46. The molecule has 1 aromatic heterocycles. The Bertz CT molecular complexity index is 1350. The van der Waals surface area contributed by atoms with Crippen molar-refractivity contribution in [2.45, 2.75) is 4.90 Å². The van der Waals surface area contributed by atoms with Crippen LogP contribution in [0.2, 0.25) is 5.02 Å². The number of hydrogen-bond acceptors (Lipinski definition) is 4. The molecular weight excluding hydrogens is 452 g/mol. The summed E-state index contributed by atoms with van der Waals surface area (Å²) in [4.78, 5) is 14.4. The Hall–Kier alpha value is -3.54. The molecule has 2 heterocycles. The third-order valence-corrected chi connectivity index (χ3v) is 6.35. The van der Waals surface area contributed by atoms with Gasteiger partial charge in [0.15, 0.2) is 0 Å². The summed E-state index contributed by atoms with van der Waals surface area (Å²) in [5.41, 5.74) is 2.84. The van der Waals surface area contributed by atoms with E-state index in [0.717, 1.165) is 16.1 Å². The summed E-state index contributed by atoms with van der Waals surface area (Å²) in [6.45, 7) is 0. The number of halogens is 1. The second kappa shape index (κ2) is 9.53. The number of para-hydroxylation sites is 1. The second-order valence-electron chi connectivity index (χ2n) is 7.37. The van der Waals surface area contributed by atoms with Crippen molar-refractivity contribution >= 4 is 46.7 Å². The molecule has 0 fully saturated rings. The lowest BCUT2D eigenvalue weighted by molar-refractivity contribution is -0.114. The molecule has 1 amide bonds. The molecule has 4 aromatic rings. The fourth-order valence-corrected chi connectivity index (χ4v) is 4.55. The van der Waals surface area contributed by atoms with Gasteiger partial charge in [0.05, 0.1) is 17.0 Å². The number of furan rings is 1. The maximum atomic E-state index is 13.3. The van der Waals surface area contributed by atoms with E-state index in [1.54, 1.807) is 17.8 Å². The quantitative estimate of drug-likeness (QED) is 0.221. The molecule has 6 heteroatoms. The Morgan fingerprint density at radius 1 is 0.909 bits per heavy atom. The molecule has 0 spiro atoms. The minimum absolute atomic E-state index is 0.175. The zero-order valence-corrected chi connectivity index (χ0v) is 19.1. The first-order chi connectivity index (χ1) is 16.2. The summed E-state index contributed by atoms with van der Waals surface area (Å²) in [7, 11) is 0. The largest absolute Gasteiger partial charge is 0.457 e. The topological polar surface area (TPSA) is 45.8 Å². The van der Waals surface area contributed by atoms with Gasteiger partial charge in [-0.05, 0) is 54.6 Å². The van der Waals surface area contributed by atoms with Crippen LogP contribution in [0.25, 0.3) is 17.4 Å². The van der Waals surface area contributed by atoms with Crippen LogP contribution in [0.4, 0.5) is 5.69 Å². The van der Waals surface area contributed by atoms with Crippen molar-refractivity contribution < 1.29 is 9.21 Å². The molecule has 0 bridgehead atoms. The predicted octanol–water partition coefficient (Wildman–Crippen LogP) is 7.18. The SMILES string of the molecule is O=C1C(=Cc2ccc(-c3cccc(Cl)c3)o2)C(CSc2ccccc2)=NN1c1ccccc1. The van der Waals surface area contributed by atoms with Crippen LogP contribution >= 0.6 is 23.4 Å². The third kappa shape index (κ3) is 4.80. The molecule has 0 atom stereocenters. The van der Waals surface area contributed by atoms with Crippen molar-refractivity contribution in [2.75, 3.05) is 10.8 Å². The smallest absolute Gasteiger partial charge is 0.280 e. The molecule has 0 N–H and O–H groups in total. The number of thioether (sulfide) groups is 1. The van der Waals surface area contributed by atoms with Gasteiger partial charge < -0.3 is 4.42 Å². The number of carbonyl (C=O) groups excluding carboxylic acids is 1. The first-order valence-electron chi connectivity index (χ1n) is 10.4. The molecule has 0 saturated carbocycles. The summed E-state index contributed by atoms with van der Waals surface area (Å²) < 4.78 is 6.02. The predicted molar refractivity (Wildman–Crippen MR) is 136 cm³/mol. The zero-order chi connectivity index (χ0) is 22.6. The number of rotatable bonds is 6. The summed E-state index contributed by atoms with van der Waals surface area (Å²) in [6.07, 6.45) is 1.77. The third-order valence-electron chi connectivity index (χ3n) is 5.10. The van der Waals surface area contributed by atoms with E-state index >= 15 is 0 Å². The van der Waals surface area contributed by atoms with Crippen LogP contribution in [0.3, 0.4) is 0 Å². The average molecular weight is 471 g/mol. The van der Waals surface area contributed by atoms with Gasteiger partial charge in [0.2, 0.25) is 0 Å². The van der Waals surface area contributed by atoms with E-state index in [9.17, 15) is 4.79 Å². The number of carbonyl (C=O) groups is 1. The zero-order valence-electron chi connectivity index (χ0n) is 17.5. The van der Waals surface area contributed by atoms with E-state index in [-0.39, 0.29) is 5.91 Å². The van der Waals surface area contributed by atoms with Gasteiger partial charge in [0.1, 0.15) is 11.5 Å². The lowest BCUT2D eigenvalue weighted by atomic mass is 10.1. The summed E-state index contributed by atoms with van der Waals surface area (Å²) in [5, 5.41) is 6.75. The van der Waals surface area contributed by atoms with E-state index in [1.165, 1.54) is 5.01 Å². The molecule has 4 nitrogen and oxygen atoms in total. The number of nitrogens with zero attached hydrogens (tertiary/aromatic N) is 2. The highest BCUT2D eigenvalue weighted by molar-refractivity contribution is 8.00. The number of benzene rings is 3. The molecule has 33 heavy (non-hydrogen) atoms. The van der Waals surface area contributed by atoms with Crippen LogP contribution in [0.1, 0.15) is 5.76 Å². The van der Waals surface area contributed by atoms with Gasteiger partial charge in [0, 0.05) is 21.2 Å². The molecule has 0 saturated heterocycles. The first kappa shape index (κ1) is 21.3. The van der Waals surface area contributed by atoms with Crippen LogP contribution in [0.5, 0.6) is 0 Å². The maximum absolute atomic E-state index is 13.3. The Labute approximate surface area is 201 Å². The molecule has 0 aliphatic carbocycles. The normalized spacial score (nSPS) is 14.7. The fraction of sp³-hybridized carbons (Fsp3) is 0.0370. The summed E-state index contributed by atoms with van der Waals surface area (Å²) in [6, 6.07) is 30.7. The van der Waals surface area contributed by atoms with Crippen molar-refractivity contribution in [2.24, 2.45) is 5.10 Å². The Morgan fingerprint density at radius 3 is 2.42 bits per heavy atom. The minimum Gasteiger partial charge on any atom is -0.457 e. The van der Waals surface area contributed by atoms with Crippen molar-refractivity contribution in [3.8, 4) is 11.3 Å². The maximum Gasteiger partial charge on any atom is 0.280 e. The van der Waals surface area contributed by atoms with E-state index in [4.69, 9.17) is 16.0 Å². The highest BCUT2D eigenvalue weighted by atomic mass is 35.5. The highest BCUT2D eigenvalue weighted by Crippen LogP contribution is 2.30. The average Bonchev–Trinajstić information content (AvgIpc) is 3.44. The molecule has 162 valence electrons. The monoisotopic (exact) mass is 470 g/mol. The Morgan fingerprint density at radius 2 is 1.67 bits per heavy atom. The molecule has 1 aliphatic heterocycles. The van der Waals surface area contributed by atoms with Crippen LogP contribution in [0, 0.1) is 0 Å². The minimum atomic E-state index is -0.175. The standard InChI is InChI=1S/C27H19ClN2O2S/c28-20-9-7-8-19(16-20)26-15-14-22(32-26)17-24-25(18-33-23-12-5-2-6-13-23)29-30(27(24)31)21-10-3-1-4-11-21/h1-17H,18H2. The first-order valence-corrected chi connectivity index (χ1v) is 11.8. The van der Waals surface area contributed by atoms with Gasteiger partial charge in [-0.3, -0.25) is 4.79 Å². The van der Waals surface area contributed by atoms with Gasteiger partial charge >= 0.3 is 0 Å². The highest BCUT2D eigenvalue weighted by Gasteiger charge is 2.31. The van der Waals surface area contributed by atoms with Gasteiger partial charge in [-0.25, -0.2) is 0 Å². The van der Waals surface area contributed by atoms with E-state index in [0.29, 0.717) is 33.6 Å². The van der Waals surface area contributed by atoms with E-state index in [2.05, 4.69) is 5.10 Å². The Kier molecular flexibility index (Phi) is 6.15. The molecule has 5 rings (SSSR count).